The van der Waals surface area contributed by atoms with E-state index in [2.05, 4.69) is 25.3 Å². The van der Waals surface area contributed by atoms with Crippen molar-refractivity contribution in [3.63, 3.8) is 0 Å². The van der Waals surface area contributed by atoms with Gasteiger partial charge in [0, 0.05) is 6.07 Å². The minimum absolute atomic E-state index is 0.444. The first-order valence-electron chi connectivity index (χ1n) is 8.62. The molecule has 0 aliphatic rings. The van der Waals surface area contributed by atoms with Crippen LogP contribution in [0.1, 0.15) is 5.56 Å². The molecule has 0 fully saturated rings. The number of ether oxygens (including phenoxy) is 2. The molecule has 0 aliphatic carbocycles. The van der Waals surface area contributed by atoms with E-state index in [0.29, 0.717) is 18.0 Å². The fraction of sp³-hybridized carbons (Fsp3) is 0.150. The zero-order chi connectivity index (χ0) is 19.3. The largest absolute Gasteiger partial charge is 0.497 e. The van der Waals surface area contributed by atoms with E-state index in [-0.39, 0.29) is 0 Å². The summed E-state index contributed by atoms with van der Waals surface area (Å²) in [7, 11) is 3.27. The number of fused-ring (bicyclic) bond motifs is 1. The Hall–Kier alpha value is -3.81. The molecule has 4 rings (SSSR count). The first-order chi connectivity index (χ1) is 13.8. The molecule has 0 aliphatic heterocycles. The van der Waals surface area contributed by atoms with Gasteiger partial charge in [-0.2, -0.15) is 10.2 Å². The van der Waals surface area contributed by atoms with Gasteiger partial charge in [-0.15, -0.1) is 5.11 Å². The monoisotopic (exact) mass is 374 g/mol. The van der Waals surface area contributed by atoms with Crippen molar-refractivity contribution in [3.05, 3.63) is 66.6 Å². The van der Waals surface area contributed by atoms with Crippen LogP contribution in [0.3, 0.4) is 0 Å². The number of rotatable bonds is 6. The van der Waals surface area contributed by atoms with Gasteiger partial charge in [0.25, 0.3) is 0 Å². The van der Waals surface area contributed by atoms with E-state index >= 15 is 0 Å². The highest BCUT2D eigenvalue weighted by Crippen LogP contribution is 2.25. The Morgan fingerprint density at radius 1 is 0.964 bits per heavy atom. The van der Waals surface area contributed by atoms with Crippen LogP contribution in [0, 0.1) is 0 Å². The van der Waals surface area contributed by atoms with Gasteiger partial charge < -0.3 is 9.47 Å². The summed E-state index contributed by atoms with van der Waals surface area (Å²) in [6.45, 7) is 0.444. The van der Waals surface area contributed by atoms with Crippen LogP contribution in [0.15, 0.2) is 71.3 Å². The average Bonchev–Trinajstić information content (AvgIpc) is 3.19. The second kappa shape index (κ2) is 7.83. The maximum Gasteiger partial charge on any atom is 0.188 e. The lowest BCUT2D eigenvalue weighted by Gasteiger charge is -2.05. The Labute approximate surface area is 161 Å². The van der Waals surface area contributed by atoms with E-state index in [1.54, 1.807) is 25.1 Å². The molecule has 0 N–H and O–H groups in total. The summed E-state index contributed by atoms with van der Waals surface area (Å²) in [5.74, 6) is 2.03. The SMILES string of the molecule is COc1ccc(CN=Nc2ncnc3c2cnn3-c2cccc(OC)c2)cc1. The van der Waals surface area contributed by atoms with Crippen LogP contribution in [-0.2, 0) is 6.54 Å². The smallest absolute Gasteiger partial charge is 0.188 e. The summed E-state index contributed by atoms with van der Waals surface area (Å²) in [4.78, 5) is 8.59. The first-order valence-corrected chi connectivity index (χ1v) is 8.62. The Kier molecular flexibility index (Phi) is 4.92. The number of methoxy groups -OCH3 is 2. The summed E-state index contributed by atoms with van der Waals surface area (Å²) in [5, 5.41) is 13.7. The molecule has 2 aromatic carbocycles. The van der Waals surface area contributed by atoms with Crippen LogP contribution in [-0.4, -0.2) is 34.0 Å². The predicted molar refractivity (Wildman–Crippen MR) is 104 cm³/mol. The van der Waals surface area contributed by atoms with Gasteiger partial charge in [0.2, 0.25) is 0 Å². The molecular formula is C20H18N6O2. The minimum atomic E-state index is 0.444. The molecular weight excluding hydrogens is 356 g/mol. The normalized spacial score (nSPS) is 11.2. The summed E-state index contributed by atoms with van der Waals surface area (Å²) in [5.41, 5.74) is 2.53. The highest BCUT2D eigenvalue weighted by atomic mass is 16.5. The van der Waals surface area contributed by atoms with Gasteiger partial charge in [-0.25, -0.2) is 14.6 Å². The highest BCUT2D eigenvalue weighted by Gasteiger charge is 2.11. The average molecular weight is 374 g/mol. The first kappa shape index (κ1) is 17.6. The van der Waals surface area contributed by atoms with Crippen LogP contribution in [0.4, 0.5) is 5.82 Å². The van der Waals surface area contributed by atoms with E-state index in [9.17, 15) is 0 Å². The number of benzene rings is 2. The fourth-order valence-corrected chi connectivity index (χ4v) is 2.76. The van der Waals surface area contributed by atoms with Crippen molar-refractivity contribution in [2.45, 2.75) is 6.54 Å². The van der Waals surface area contributed by atoms with E-state index in [0.717, 1.165) is 28.1 Å². The molecule has 0 saturated heterocycles. The van der Waals surface area contributed by atoms with Gasteiger partial charge in [0.05, 0.1) is 38.0 Å². The lowest BCUT2D eigenvalue weighted by atomic mass is 10.2. The molecule has 0 amide bonds. The Morgan fingerprint density at radius 2 is 1.79 bits per heavy atom. The van der Waals surface area contributed by atoms with Crippen LogP contribution in [0.5, 0.6) is 11.5 Å². The van der Waals surface area contributed by atoms with Crippen LogP contribution < -0.4 is 9.47 Å². The molecule has 0 bridgehead atoms. The molecule has 8 nitrogen and oxygen atoms in total. The van der Waals surface area contributed by atoms with Crippen LogP contribution >= 0.6 is 0 Å². The third kappa shape index (κ3) is 3.52. The number of azo groups is 1. The van der Waals surface area contributed by atoms with Gasteiger partial charge in [-0.3, -0.25) is 0 Å². The maximum absolute atomic E-state index is 5.28. The third-order valence-corrected chi connectivity index (χ3v) is 4.22. The summed E-state index contributed by atoms with van der Waals surface area (Å²) >= 11 is 0. The maximum atomic E-state index is 5.28. The molecule has 2 aromatic heterocycles. The second-order valence-electron chi connectivity index (χ2n) is 5.94. The molecule has 0 atom stereocenters. The van der Waals surface area contributed by atoms with E-state index in [4.69, 9.17) is 9.47 Å². The zero-order valence-electron chi connectivity index (χ0n) is 15.5. The fourth-order valence-electron chi connectivity index (χ4n) is 2.76. The Balaban J connectivity index is 1.60. The van der Waals surface area contributed by atoms with E-state index < -0.39 is 0 Å². The Bertz CT molecular complexity index is 1120. The molecule has 28 heavy (non-hydrogen) atoms. The van der Waals surface area contributed by atoms with Crippen molar-refractivity contribution in [1.82, 2.24) is 19.7 Å². The van der Waals surface area contributed by atoms with Gasteiger partial charge in [-0.05, 0) is 29.8 Å². The number of aromatic nitrogens is 4. The molecule has 0 radical (unpaired) electrons. The minimum Gasteiger partial charge on any atom is -0.497 e. The van der Waals surface area contributed by atoms with Crippen molar-refractivity contribution >= 4 is 16.9 Å². The number of hydrogen-bond acceptors (Lipinski definition) is 7. The molecule has 0 saturated carbocycles. The summed E-state index contributed by atoms with van der Waals surface area (Å²) < 4.78 is 12.2. The van der Waals surface area contributed by atoms with Gasteiger partial charge in [0.1, 0.15) is 17.8 Å². The van der Waals surface area contributed by atoms with Crippen LogP contribution in [0.25, 0.3) is 16.7 Å². The topological polar surface area (TPSA) is 86.8 Å². The molecule has 4 aromatic rings. The molecule has 0 unspecified atom stereocenters. The lowest BCUT2D eigenvalue weighted by molar-refractivity contribution is 0.414. The predicted octanol–water partition coefficient (Wildman–Crippen LogP) is 4.12. The van der Waals surface area contributed by atoms with Crippen molar-refractivity contribution < 1.29 is 9.47 Å². The summed E-state index contributed by atoms with van der Waals surface area (Å²) in [6, 6.07) is 15.3. The number of hydrogen-bond donors (Lipinski definition) is 0. The quantitative estimate of drug-likeness (QED) is 0.474. The van der Waals surface area contributed by atoms with Gasteiger partial charge >= 0.3 is 0 Å². The summed E-state index contributed by atoms with van der Waals surface area (Å²) in [6.07, 6.45) is 3.15. The molecule has 0 spiro atoms. The van der Waals surface area contributed by atoms with E-state index in [1.807, 2.05) is 48.5 Å². The van der Waals surface area contributed by atoms with Gasteiger partial charge in [-0.1, -0.05) is 18.2 Å². The van der Waals surface area contributed by atoms with Crippen LogP contribution in [0.2, 0.25) is 0 Å². The van der Waals surface area contributed by atoms with Crippen molar-refractivity contribution in [3.8, 4) is 17.2 Å². The van der Waals surface area contributed by atoms with Crippen molar-refractivity contribution in [2.24, 2.45) is 10.2 Å². The second-order valence-corrected chi connectivity index (χ2v) is 5.94. The molecule has 140 valence electrons. The zero-order valence-corrected chi connectivity index (χ0v) is 15.5. The molecule has 2 heterocycles. The number of nitrogens with zero attached hydrogens (tertiary/aromatic N) is 6. The Morgan fingerprint density at radius 3 is 2.57 bits per heavy atom. The van der Waals surface area contributed by atoms with E-state index in [1.165, 1.54) is 6.33 Å². The third-order valence-electron chi connectivity index (χ3n) is 4.22. The standard InChI is InChI=1S/C20H18N6O2/c1-27-16-8-6-14(7-9-16)11-23-25-19-18-12-24-26(20(18)22-13-21-19)15-4-3-5-17(10-15)28-2/h3-10,12-13H,11H2,1-2H3. The lowest BCUT2D eigenvalue weighted by Crippen LogP contribution is -1.98. The van der Waals surface area contributed by atoms with Crippen molar-refractivity contribution in [2.75, 3.05) is 14.2 Å². The van der Waals surface area contributed by atoms with Gasteiger partial charge in [0.15, 0.2) is 11.5 Å². The highest BCUT2D eigenvalue weighted by molar-refractivity contribution is 5.85. The molecule has 8 heteroatoms. The van der Waals surface area contributed by atoms with Crippen molar-refractivity contribution in [1.29, 1.82) is 0 Å².